The van der Waals surface area contributed by atoms with Crippen LogP contribution in [0.5, 0.6) is 5.75 Å². The van der Waals surface area contributed by atoms with Gasteiger partial charge in [0, 0.05) is 29.5 Å². The van der Waals surface area contributed by atoms with Gasteiger partial charge in [0.2, 0.25) is 5.95 Å². The highest BCUT2D eigenvalue weighted by molar-refractivity contribution is 9.10. The largest absolute Gasteiger partial charge is 0.497 e. The van der Waals surface area contributed by atoms with Crippen LogP contribution in [0.15, 0.2) is 35.1 Å². The minimum atomic E-state index is 0.810. The van der Waals surface area contributed by atoms with Crippen LogP contribution in [0.4, 0.5) is 11.6 Å². The van der Waals surface area contributed by atoms with Crippen molar-refractivity contribution in [2.75, 3.05) is 12.4 Å². The number of anilines is 2. The van der Waals surface area contributed by atoms with E-state index < -0.39 is 0 Å². The number of rotatable bonds is 4. The van der Waals surface area contributed by atoms with Gasteiger partial charge in [0.05, 0.1) is 12.8 Å². The smallest absolute Gasteiger partial charge is 0.207 e. The second-order valence-electron chi connectivity index (χ2n) is 3.51. The van der Waals surface area contributed by atoms with Gasteiger partial charge in [-0.2, -0.15) is 0 Å². The lowest BCUT2D eigenvalue weighted by atomic mass is 10.3. The molecule has 1 heterocycles. The number of aromatic nitrogens is 2. The van der Waals surface area contributed by atoms with Crippen LogP contribution in [0.3, 0.4) is 0 Å². The number of benzene rings is 1. The summed E-state index contributed by atoms with van der Waals surface area (Å²) < 4.78 is 8.21. The van der Waals surface area contributed by atoms with Gasteiger partial charge in [0.15, 0.2) is 0 Å². The quantitative estimate of drug-likeness (QED) is 0.939. The van der Waals surface area contributed by atoms with Crippen molar-refractivity contribution >= 4 is 27.6 Å². The average molecular weight is 296 g/mol. The van der Waals surface area contributed by atoms with E-state index in [9.17, 15) is 0 Å². The Balaban J connectivity index is 2.29. The van der Waals surface area contributed by atoms with Gasteiger partial charge in [-0.15, -0.1) is 0 Å². The van der Waals surface area contributed by atoms with Crippen LogP contribution in [0.2, 0.25) is 0 Å². The predicted octanol–water partition coefficient (Wildman–Crippen LogP) is 3.42. The Labute approximate surface area is 109 Å². The van der Waals surface area contributed by atoms with E-state index in [0.717, 1.165) is 28.4 Å². The predicted molar refractivity (Wildman–Crippen MR) is 71.9 cm³/mol. The number of methoxy groups -OCH3 is 1. The number of ether oxygens (including phenoxy) is 1. The zero-order valence-electron chi connectivity index (χ0n) is 9.77. The Morgan fingerprint density at radius 3 is 3.00 bits per heavy atom. The Bertz CT molecular complexity index is 510. The molecule has 0 atom stereocenters. The highest BCUT2D eigenvalue weighted by Gasteiger charge is 2.06. The Hall–Kier alpha value is -1.49. The third-order valence-corrected chi connectivity index (χ3v) is 3.17. The minimum absolute atomic E-state index is 0.810. The highest BCUT2D eigenvalue weighted by atomic mass is 79.9. The molecule has 1 aromatic carbocycles. The van der Waals surface area contributed by atoms with Crippen molar-refractivity contribution in [3.05, 3.63) is 35.1 Å². The lowest BCUT2D eigenvalue weighted by Crippen LogP contribution is -2.02. The molecule has 4 nitrogen and oxygen atoms in total. The summed E-state index contributed by atoms with van der Waals surface area (Å²) >= 11 is 3.50. The van der Waals surface area contributed by atoms with E-state index in [0.29, 0.717) is 0 Å². The number of aryl methyl sites for hydroxylation is 1. The molecular weight excluding hydrogens is 282 g/mol. The number of hydrogen-bond acceptors (Lipinski definition) is 3. The van der Waals surface area contributed by atoms with E-state index in [-0.39, 0.29) is 0 Å². The normalized spacial score (nSPS) is 10.3. The summed E-state index contributed by atoms with van der Waals surface area (Å²) in [6.45, 7) is 2.96. The van der Waals surface area contributed by atoms with Gasteiger partial charge >= 0.3 is 0 Å². The van der Waals surface area contributed by atoms with Crippen molar-refractivity contribution in [3.63, 3.8) is 0 Å². The second-order valence-corrected chi connectivity index (χ2v) is 4.36. The fraction of sp³-hybridized carbons (Fsp3) is 0.250. The first-order valence-corrected chi connectivity index (χ1v) is 6.15. The molecule has 0 saturated heterocycles. The fourth-order valence-electron chi connectivity index (χ4n) is 1.54. The molecule has 1 aromatic heterocycles. The molecule has 0 unspecified atom stereocenters. The first-order valence-electron chi connectivity index (χ1n) is 5.36. The van der Waals surface area contributed by atoms with Crippen molar-refractivity contribution in [1.82, 2.24) is 9.55 Å². The SMILES string of the molecule is CCn1ccnc1Nc1cc(OC)ccc1Br. The maximum atomic E-state index is 5.20. The summed E-state index contributed by atoms with van der Waals surface area (Å²) in [6, 6.07) is 5.78. The summed E-state index contributed by atoms with van der Waals surface area (Å²) in [5, 5.41) is 3.27. The van der Waals surface area contributed by atoms with Crippen molar-refractivity contribution in [1.29, 1.82) is 0 Å². The van der Waals surface area contributed by atoms with Gasteiger partial charge in [-0.05, 0) is 35.0 Å². The lowest BCUT2D eigenvalue weighted by molar-refractivity contribution is 0.415. The standard InChI is InChI=1S/C12H14BrN3O/c1-3-16-7-6-14-12(16)15-11-8-9(17-2)4-5-10(11)13/h4-8H,3H2,1-2H3,(H,14,15). The first kappa shape index (κ1) is 12.0. The van der Waals surface area contributed by atoms with Gasteiger partial charge in [-0.25, -0.2) is 4.98 Å². The molecule has 2 rings (SSSR count). The molecule has 0 aliphatic heterocycles. The van der Waals surface area contributed by atoms with E-state index >= 15 is 0 Å². The number of nitrogens with one attached hydrogen (secondary N) is 1. The van der Waals surface area contributed by atoms with Gasteiger partial charge in [-0.1, -0.05) is 0 Å². The summed E-state index contributed by atoms with van der Waals surface area (Å²) in [6.07, 6.45) is 3.72. The Morgan fingerprint density at radius 1 is 1.47 bits per heavy atom. The van der Waals surface area contributed by atoms with Gasteiger partial charge < -0.3 is 14.6 Å². The molecule has 0 amide bonds. The van der Waals surface area contributed by atoms with Gasteiger partial charge in [0.1, 0.15) is 5.75 Å². The third-order valence-electron chi connectivity index (χ3n) is 2.48. The molecule has 5 heteroatoms. The van der Waals surface area contributed by atoms with Crippen LogP contribution >= 0.6 is 15.9 Å². The van der Waals surface area contributed by atoms with E-state index in [1.54, 1.807) is 13.3 Å². The van der Waals surface area contributed by atoms with Crippen molar-refractivity contribution in [2.24, 2.45) is 0 Å². The van der Waals surface area contributed by atoms with E-state index in [4.69, 9.17) is 4.74 Å². The molecule has 2 aromatic rings. The molecule has 1 N–H and O–H groups in total. The average Bonchev–Trinajstić information content (AvgIpc) is 2.79. The lowest BCUT2D eigenvalue weighted by Gasteiger charge is -2.10. The molecule has 0 radical (unpaired) electrons. The van der Waals surface area contributed by atoms with Crippen molar-refractivity contribution in [2.45, 2.75) is 13.5 Å². The van der Waals surface area contributed by atoms with Crippen LogP contribution < -0.4 is 10.1 Å². The van der Waals surface area contributed by atoms with Crippen LogP contribution in [-0.2, 0) is 6.54 Å². The molecule has 0 saturated carbocycles. The molecular formula is C12H14BrN3O. The maximum Gasteiger partial charge on any atom is 0.207 e. The van der Waals surface area contributed by atoms with Crippen molar-refractivity contribution < 1.29 is 4.74 Å². The van der Waals surface area contributed by atoms with Crippen LogP contribution in [0.25, 0.3) is 0 Å². The van der Waals surface area contributed by atoms with E-state index in [1.807, 2.05) is 29.0 Å². The monoisotopic (exact) mass is 295 g/mol. The summed E-state index contributed by atoms with van der Waals surface area (Å²) in [5.74, 6) is 1.63. The first-order chi connectivity index (χ1) is 8.24. The van der Waals surface area contributed by atoms with Crippen LogP contribution in [0.1, 0.15) is 6.92 Å². The van der Waals surface area contributed by atoms with Gasteiger partial charge in [-0.3, -0.25) is 0 Å². The molecule has 0 bridgehead atoms. The highest BCUT2D eigenvalue weighted by Crippen LogP contribution is 2.29. The summed E-state index contributed by atoms with van der Waals surface area (Å²) in [7, 11) is 1.65. The van der Waals surface area contributed by atoms with E-state index in [2.05, 4.69) is 33.2 Å². The minimum Gasteiger partial charge on any atom is -0.497 e. The van der Waals surface area contributed by atoms with Crippen molar-refractivity contribution in [3.8, 4) is 5.75 Å². The Kier molecular flexibility index (Phi) is 3.68. The van der Waals surface area contributed by atoms with Gasteiger partial charge in [0.25, 0.3) is 0 Å². The fourth-order valence-corrected chi connectivity index (χ4v) is 1.88. The number of imidazole rings is 1. The third kappa shape index (κ3) is 2.61. The molecule has 0 fully saturated rings. The molecule has 0 spiro atoms. The number of hydrogen-bond donors (Lipinski definition) is 1. The molecule has 90 valence electrons. The number of halogens is 1. The Morgan fingerprint density at radius 2 is 2.29 bits per heavy atom. The molecule has 0 aliphatic carbocycles. The number of nitrogens with zero attached hydrogens (tertiary/aromatic N) is 2. The molecule has 17 heavy (non-hydrogen) atoms. The van der Waals surface area contributed by atoms with E-state index in [1.165, 1.54) is 0 Å². The summed E-state index contributed by atoms with van der Waals surface area (Å²) in [5.41, 5.74) is 0.935. The maximum absolute atomic E-state index is 5.20. The zero-order chi connectivity index (χ0) is 12.3. The second kappa shape index (κ2) is 5.23. The van der Waals surface area contributed by atoms with Crippen LogP contribution in [0, 0.1) is 0 Å². The van der Waals surface area contributed by atoms with Crippen LogP contribution in [-0.4, -0.2) is 16.7 Å². The molecule has 0 aliphatic rings. The summed E-state index contributed by atoms with van der Waals surface area (Å²) in [4.78, 5) is 4.27. The topological polar surface area (TPSA) is 39.1 Å². The zero-order valence-corrected chi connectivity index (χ0v) is 11.4.